The number of aromatic nitrogens is 4. The van der Waals surface area contributed by atoms with E-state index >= 15 is 0 Å². The first-order valence-electron chi connectivity index (χ1n) is 13.2. The van der Waals surface area contributed by atoms with E-state index in [1.54, 1.807) is 27.5 Å². The summed E-state index contributed by atoms with van der Waals surface area (Å²) in [5.74, 6) is -0.728. The highest BCUT2D eigenvalue weighted by Gasteiger charge is 2.38. The summed E-state index contributed by atoms with van der Waals surface area (Å²) in [7, 11) is 0. The smallest absolute Gasteiger partial charge is 0.349 e. The lowest BCUT2D eigenvalue weighted by atomic mass is 9.85. The van der Waals surface area contributed by atoms with Gasteiger partial charge in [-0.05, 0) is 68.9 Å². The molecule has 1 aliphatic carbocycles. The van der Waals surface area contributed by atoms with Crippen LogP contribution in [0, 0.1) is 5.92 Å². The molecule has 0 atom stereocenters. The fourth-order valence-electron chi connectivity index (χ4n) is 5.39. The number of ketones is 1. The van der Waals surface area contributed by atoms with E-state index in [1.165, 1.54) is 6.92 Å². The van der Waals surface area contributed by atoms with Crippen molar-refractivity contribution in [3.8, 4) is 5.69 Å². The lowest BCUT2D eigenvalue weighted by Gasteiger charge is -2.29. The van der Waals surface area contributed by atoms with Crippen LogP contribution in [0.5, 0.6) is 0 Å². The highest BCUT2D eigenvalue weighted by molar-refractivity contribution is 6.30. The first-order chi connectivity index (χ1) is 19.5. The van der Waals surface area contributed by atoms with E-state index < -0.39 is 23.3 Å². The molecule has 8 nitrogen and oxygen atoms in total. The molecule has 0 unspecified atom stereocenters. The van der Waals surface area contributed by atoms with Crippen molar-refractivity contribution in [2.75, 3.05) is 0 Å². The predicted molar refractivity (Wildman–Crippen MR) is 147 cm³/mol. The van der Waals surface area contributed by atoms with Crippen LogP contribution in [0.4, 0.5) is 13.2 Å². The third-order valence-electron chi connectivity index (χ3n) is 7.32. The second-order valence-electron chi connectivity index (χ2n) is 10.3. The van der Waals surface area contributed by atoms with Crippen LogP contribution in [-0.2, 0) is 23.9 Å². The Morgan fingerprint density at radius 2 is 1.73 bits per heavy atom. The van der Waals surface area contributed by atoms with Crippen molar-refractivity contribution < 1.29 is 22.8 Å². The Bertz CT molecular complexity index is 1660. The number of benzene rings is 1. The molecule has 3 heterocycles. The molecule has 0 bridgehead atoms. The van der Waals surface area contributed by atoms with Gasteiger partial charge in [0.25, 0.3) is 5.91 Å². The Morgan fingerprint density at radius 1 is 1.02 bits per heavy atom. The zero-order valence-corrected chi connectivity index (χ0v) is 22.9. The molecule has 1 amide bonds. The molecule has 1 fully saturated rings. The van der Waals surface area contributed by atoms with E-state index in [2.05, 4.69) is 15.3 Å². The maximum atomic E-state index is 13.6. The third-order valence-corrected chi connectivity index (χ3v) is 7.53. The highest BCUT2D eigenvalue weighted by atomic mass is 35.5. The SMILES string of the molecule is CC(=O)Cc1ccc(-n2c(=O)n(CC3CCC(NC(=O)c4cc(Cl)cnc4C(F)(F)F)CC3)c3ccccc32)cn1. The molecular formula is C29H27ClF3N5O3. The number of alkyl halides is 3. The normalized spacial score (nSPS) is 17.5. The predicted octanol–water partition coefficient (Wildman–Crippen LogP) is 5.37. The molecule has 4 aromatic rings. The maximum Gasteiger partial charge on any atom is 0.434 e. The van der Waals surface area contributed by atoms with Crippen LogP contribution in [0.1, 0.15) is 54.4 Å². The number of hydrogen-bond acceptors (Lipinski definition) is 5. The van der Waals surface area contributed by atoms with Crippen LogP contribution in [-0.4, -0.2) is 36.8 Å². The Kier molecular flexibility index (Phi) is 7.99. The molecule has 214 valence electrons. The van der Waals surface area contributed by atoms with Gasteiger partial charge in [0.05, 0.1) is 33.5 Å². The van der Waals surface area contributed by atoms with Crippen LogP contribution in [0.2, 0.25) is 5.02 Å². The van der Waals surface area contributed by atoms with E-state index in [9.17, 15) is 27.6 Å². The van der Waals surface area contributed by atoms with Gasteiger partial charge in [-0.3, -0.25) is 23.7 Å². The van der Waals surface area contributed by atoms with Crippen LogP contribution in [0.3, 0.4) is 0 Å². The Labute approximate surface area is 238 Å². The molecule has 41 heavy (non-hydrogen) atoms. The molecule has 0 saturated heterocycles. The fraction of sp³-hybridized carbons (Fsp3) is 0.345. The molecule has 1 aliphatic rings. The number of carbonyl (C=O) groups excluding carboxylic acids is 2. The number of carbonyl (C=O) groups is 2. The summed E-state index contributed by atoms with van der Waals surface area (Å²) >= 11 is 5.81. The number of rotatable bonds is 7. The van der Waals surface area contributed by atoms with Crippen molar-refractivity contribution in [3.63, 3.8) is 0 Å². The molecule has 0 aliphatic heterocycles. The summed E-state index contributed by atoms with van der Waals surface area (Å²) in [5.41, 5.74) is 0.642. The standard InChI is InChI=1S/C29H27ClF3N5O3/c1-17(39)12-21-10-11-22(15-34-21)38-25-5-3-2-4-24(25)37(28(38)41)16-18-6-8-20(9-7-18)36-27(40)23-13-19(30)14-35-26(23)29(31,32)33/h2-5,10-11,13-15,18,20H,6-9,12,16H2,1H3,(H,36,40). The number of amides is 1. The minimum Gasteiger partial charge on any atom is -0.349 e. The Morgan fingerprint density at radius 3 is 2.37 bits per heavy atom. The third kappa shape index (κ3) is 6.19. The average molecular weight is 586 g/mol. The molecule has 1 saturated carbocycles. The molecule has 12 heteroatoms. The number of para-hydroxylation sites is 2. The van der Waals surface area contributed by atoms with Crippen LogP contribution < -0.4 is 11.0 Å². The van der Waals surface area contributed by atoms with Crippen molar-refractivity contribution in [1.29, 1.82) is 0 Å². The summed E-state index contributed by atoms with van der Waals surface area (Å²) < 4.78 is 43.4. The summed E-state index contributed by atoms with van der Waals surface area (Å²) in [6.45, 7) is 1.95. The minimum absolute atomic E-state index is 0.000774. The average Bonchev–Trinajstić information content (AvgIpc) is 3.20. The van der Waals surface area contributed by atoms with Gasteiger partial charge in [0.15, 0.2) is 5.69 Å². The quantitative estimate of drug-likeness (QED) is 0.314. The van der Waals surface area contributed by atoms with Gasteiger partial charge in [-0.2, -0.15) is 13.2 Å². The summed E-state index contributed by atoms with van der Waals surface area (Å²) in [5, 5.41) is 2.65. The summed E-state index contributed by atoms with van der Waals surface area (Å²) in [4.78, 5) is 45.4. The first-order valence-corrected chi connectivity index (χ1v) is 13.6. The van der Waals surface area contributed by atoms with E-state index in [0.717, 1.165) is 23.3 Å². The van der Waals surface area contributed by atoms with Gasteiger partial charge in [-0.15, -0.1) is 0 Å². The first kappa shape index (κ1) is 28.5. The van der Waals surface area contributed by atoms with Gasteiger partial charge in [0.1, 0.15) is 5.78 Å². The molecule has 3 aromatic heterocycles. The molecule has 5 rings (SSSR count). The molecule has 0 spiro atoms. The topological polar surface area (TPSA) is 98.9 Å². The van der Waals surface area contributed by atoms with E-state index in [1.807, 2.05) is 24.3 Å². The molecular weight excluding hydrogens is 559 g/mol. The van der Waals surface area contributed by atoms with Gasteiger partial charge >= 0.3 is 11.9 Å². The van der Waals surface area contributed by atoms with Gasteiger partial charge in [-0.25, -0.2) is 9.78 Å². The van der Waals surface area contributed by atoms with Crippen LogP contribution >= 0.6 is 11.6 Å². The Hall–Kier alpha value is -3.99. The van der Waals surface area contributed by atoms with Gasteiger partial charge in [0, 0.05) is 30.9 Å². The van der Waals surface area contributed by atoms with Gasteiger partial charge in [-0.1, -0.05) is 23.7 Å². The number of halogens is 4. The van der Waals surface area contributed by atoms with Gasteiger partial charge in [0.2, 0.25) is 0 Å². The van der Waals surface area contributed by atoms with E-state index in [4.69, 9.17) is 11.6 Å². The minimum atomic E-state index is -4.78. The number of nitrogens with zero attached hydrogens (tertiary/aromatic N) is 4. The van der Waals surface area contributed by atoms with Crippen LogP contribution in [0.25, 0.3) is 16.7 Å². The zero-order chi connectivity index (χ0) is 29.3. The number of fused-ring (bicyclic) bond motifs is 1. The fourth-order valence-corrected chi connectivity index (χ4v) is 5.55. The number of nitrogens with one attached hydrogen (secondary N) is 1. The number of Topliss-reactive ketones (excluding diaryl/α,β-unsaturated/α-hetero) is 1. The summed E-state index contributed by atoms with van der Waals surface area (Å²) in [6, 6.07) is 11.6. The van der Waals surface area contributed by atoms with E-state index in [-0.39, 0.29) is 34.9 Å². The molecule has 1 aromatic carbocycles. The lowest BCUT2D eigenvalue weighted by Crippen LogP contribution is -2.39. The zero-order valence-electron chi connectivity index (χ0n) is 22.1. The monoisotopic (exact) mass is 585 g/mol. The number of pyridine rings is 2. The molecule has 0 radical (unpaired) electrons. The Balaban J connectivity index is 1.30. The van der Waals surface area contributed by atoms with E-state index in [0.29, 0.717) is 43.6 Å². The largest absolute Gasteiger partial charge is 0.434 e. The van der Waals surface area contributed by atoms with Crippen molar-refractivity contribution in [1.82, 2.24) is 24.4 Å². The van der Waals surface area contributed by atoms with Crippen LogP contribution in [0.15, 0.2) is 59.7 Å². The van der Waals surface area contributed by atoms with Crippen molar-refractivity contribution in [3.05, 3.63) is 87.3 Å². The summed E-state index contributed by atoms with van der Waals surface area (Å²) in [6.07, 6.45) is 0.362. The van der Waals surface area contributed by atoms with Crippen molar-refractivity contribution >= 4 is 34.3 Å². The number of hydrogen-bond donors (Lipinski definition) is 1. The van der Waals surface area contributed by atoms with Crippen molar-refractivity contribution in [2.45, 2.75) is 57.8 Å². The van der Waals surface area contributed by atoms with Gasteiger partial charge < -0.3 is 5.32 Å². The molecule has 1 N–H and O–H groups in total. The highest BCUT2D eigenvalue weighted by Crippen LogP contribution is 2.32. The number of imidazole rings is 1. The lowest BCUT2D eigenvalue weighted by molar-refractivity contribution is -0.141. The second kappa shape index (κ2) is 11.5. The second-order valence-corrected chi connectivity index (χ2v) is 10.8. The maximum absolute atomic E-state index is 13.6. The van der Waals surface area contributed by atoms with Crippen molar-refractivity contribution in [2.24, 2.45) is 5.92 Å².